The van der Waals surface area contributed by atoms with Gasteiger partial charge in [0.25, 0.3) is 0 Å². The molecule has 102 valence electrons. The molecule has 0 aromatic heterocycles. The Kier molecular flexibility index (Phi) is 4.93. The highest BCUT2D eigenvalue weighted by Gasteiger charge is 2.27. The van der Waals surface area contributed by atoms with Gasteiger partial charge < -0.3 is 4.74 Å². The second kappa shape index (κ2) is 6.03. The maximum Gasteiger partial charge on any atom is 0.410 e. The van der Waals surface area contributed by atoms with E-state index in [1.165, 1.54) is 4.90 Å². The number of carbonyl (C=O) groups is 2. The molecule has 0 N–H and O–H groups in total. The quantitative estimate of drug-likeness (QED) is 0.684. The Bertz CT molecular complexity index is 326. The van der Waals surface area contributed by atoms with E-state index in [4.69, 9.17) is 4.74 Å². The third-order valence-electron chi connectivity index (χ3n) is 2.58. The fourth-order valence-electron chi connectivity index (χ4n) is 1.61. The summed E-state index contributed by atoms with van der Waals surface area (Å²) in [7, 11) is 0. The fourth-order valence-corrected chi connectivity index (χ4v) is 1.61. The fraction of sp³-hybridized carbons (Fsp3) is 0.714. The van der Waals surface area contributed by atoms with Crippen LogP contribution in [0.3, 0.4) is 0 Å². The van der Waals surface area contributed by atoms with Crippen molar-refractivity contribution in [2.24, 2.45) is 5.92 Å². The maximum absolute atomic E-state index is 11.9. The van der Waals surface area contributed by atoms with Crippen molar-refractivity contribution >= 4 is 11.9 Å². The van der Waals surface area contributed by atoms with E-state index < -0.39 is 11.7 Å². The van der Waals surface area contributed by atoms with Gasteiger partial charge in [0.2, 0.25) is 0 Å². The number of hydrogen-bond acceptors (Lipinski definition) is 3. The molecule has 4 heteroatoms. The van der Waals surface area contributed by atoms with Crippen molar-refractivity contribution in [3.05, 3.63) is 12.7 Å². The molecule has 1 amide bonds. The maximum atomic E-state index is 11.9. The summed E-state index contributed by atoms with van der Waals surface area (Å²) in [5, 5.41) is 0. The summed E-state index contributed by atoms with van der Waals surface area (Å²) in [5.74, 6) is 0.645. The number of amides is 1. The second-order valence-corrected chi connectivity index (χ2v) is 5.84. The average molecular weight is 253 g/mol. The first-order chi connectivity index (χ1) is 8.31. The highest BCUT2D eigenvalue weighted by atomic mass is 16.6. The predicted molar refractivity (Wildman–Crippen MR) is 70.4 cm³/mol. The molecule has 0 saturated heterocycles. The smallest absolute Gasteiger partial charge is 0.410 e. The van der Waals surface area contributed by atoms with Crippen LogP contribution >= 0.6 is 0 Å². The minimum absolute atomic E-state index is 0.102. The first kappa shape index (κ1) is 14.7. The summed E-state index contributed by atoms with van der Waals surface area (Å²) >= 11 is 0. The van der Waals surface area contributed by atoms with Gasteiger partial charge in [-0.25, -0.2) is 4.79 Å². The Morgan fingerprint density at radius 3 is 2.44 bits per heavy atom. The van der Waals surface area contributed by atoms with Gasteiger partial charge >= 0.3 is 6.09 Å². The molecule has 0 radical (unpaired) electrons. The molecule has 1 saturated carbocycles. The van der Waals surface area contributed by atoms with E-state index in [1.54, 1.807) is 6.08 Å². The van der Waals surface area contributed by atoms with E-state index in [1.807, 2.05) is 20.8 Å². The lowest BCUT2D eigenvalue weighted by Crippen LogP contribution is -2.40. The molecule has 0 aliphatic heterocycles. The summed E-state index contributed by atoms with van der Waals surface area (Å²) in [5.41, 5.74) is -0.546. The summed E-state index contributed by atoms with van der Waals surface area (Å²) in [6, 6.07) is 0. The van der Waals surface area contributed by atoms with Crippen molar-refractivity contribution in [2.45, 2.75) is 45.6 Å². The highest BCUT2D eigenvalue weighted by Crippen LogP contribution is 2.32. The van der Waals surface area contributed by atoms with Crippen LogP contribution in [0.1, 0.15) is 40.0 Å². The van der Waals surface area contributed by atoms with Crippen molar-refractivity contribution < 1.29 is 14.3 Å². The van der Waals surface area contributed by atoms with Crippen LogP contribution < -0.4 is 0 Å². The van der Waals surface area contributed by atoms with Crippen molar-refractivity contribution in [2.75, 3.05) is 13.1 Å². The highest BCUT2D eigenvalue weighted by molar-refractivity contribution is 5.84. The monoisotopic (exact) mass is 253 g/mol. The molecule has 0 aromatic rings. The number of nitrogens with zero attached hydrogens (tertiary/aromatic N) is 1. The van der Waals surface area contributed by atoms with Gasteiger partial charge in [-0.1, -0.05) is 6.08 Å². The molecule has 0 aromatic carbocycles. The molecule has 0 bridgehead atoms. The minimum atomic E-state index is -0.546. The summed E-state index contributed by atoms with van der Waals surface area (Å²) in [6.45, 7) is 9.49. The average Bonchev–Trinajstić information content (AvgIpc) is 2.98. The van der Waals surface area contributed by atoms with Gasteiger partial charge in [-0.15, -0.1) is 6.58 Å². The Morgan fingerprint density at radius 1 is 1.39 bits per heavy atom. The zero-order valence-corrected chi connectivity index (χ0v) is 11.6. The first-order valence-corrected chi connectivity index (χ1v) is 6.42. The van der Waals surface area contributed by atoms with E-state index in [2.05, 4.69) is 6.58 Å². The molecule has 0 atom stereocenters. The molecule has 0 unspecified atom stereocenters. The zero-order chi connectivity index (χ0) is 13.8. The van der Waals surface area contributed by atoms with Crippen LogP contribution in [0.4, 0.5) is 4.79 Å². The molecule has 1 rings (SSSR count). The lowest BCUT2D eigenvalue weighted by atomic mass is 10.2. The zero-order valence-electron chi connectivity index (χ0n) is 11.6. The van der Waals surface area contributed by atoms with Crippen LogP contribution in [0.2, 0.25) is 0 Å². The molecular formula is C14H23NO3. The van der Waals surface area contributed by atoms with E-state index in [-0.39, 0.29) is 12.3 Å². The topological polar surface area (TPSA) is 46.6 Å². The Balaban J connectivity index is 2.48. The normalized spacial score (nSPS) is 15.1. The molecule has 1 aliphatic rings. The Labute approximate surface area is 109 Å². The summed E-state index contributed by atoms with van der Waals surface area (Å²) in [6.07, 6.45) is 4.01. The van der Waals surface area contributed by atoms with Gasteiger partial charge in [0, 0.05) is 13.0 Å². The van der Waals surface area contributed by atoms with E-state index in [9.17, 15) is 9.59 Å². The van der Waals surface area contributed by atoms with Crippen LogP contribution in [0.15, 0.2) is 12.7 Å². The van der Waals surface area contributed by atoms with Crippen molar-refractivity contribution in [1.82, 2.24) is 4.90 Å². The van der Waals surface area contributed by atoms with Gasteiger partial charge in [0.1, 0.15) is 5.60 Å². The SMILES string of the molecule is C=CCN(CC(=O)CC1CC1)C(=O)OC(C)(C)C. The molecule has 0 spiro atoms. The van der Waals surface area contributed by atoms with Crippen LogP contribution in [-0.4, -0.2) is 35.5 Å². The number of rotatable bonds is 6. The van der Waals surface area contributed by atoms with Crippen LogP contribution in [0.25, 0.3) is 0 Å². The number of Topliss-reactive ketones (excluding diaryl/α,β-unsaturated/α-hetero) is 1. The minimum Gasteiger partial charge on any atom is -0.444 e. The third-order valence-corrected chi connectivity index (χ3v) is 2.58. The molecule has 0 heterocycles. The van der Waals surface area contributed by atoms with Gasteiger partial charge in [0.15, 0.2) is 5.78 Å². The van der Waals surface area contributed by atoms with Crippen molar-refractivity contribution in [3.8, 4) is 0 Å². The largest absolute Gasteiger partial charge is 0.444 e. The summed E-state index contributed by atoms with van der Waals surface area (Å²) < 4.78 is 5.26. The van der Waals surface area contributed by atoms with Crippen molar-refractivity contribution in [1.29, 1.82) is 0 Å². The lowest BCUT2D eigenvalue weighted by Gasteiger charge is -2.26. The van der Waals surface area contributed by atoms with Crippen LogP contribution in [0.5, 0.6) is 0 Å². The number of hydrogen-bond donors (Lipinski definition) is 0. The summed E-state index contributed by atoms with van der Waals surface area (Å²) in [4.78, 5) is 25.1. The second-order valence-electron chi connectivity index (χ2n) is 5.84. The molecular weight excluding hydrogens is 230 g/mol. The van der Waals surface area contributed by atoms with Gasteiger partial charge in [-0.05, 0) is 39.5 Å². The predicted octanol–water partition coefficient (Wildman–Crippen LogP) is 2.78. The lowest BCUT2D eigenvalue weighted by molar-refractivity contribution is -0.120. The Morgan fingerprint density at radius 2 is 2.00 bits per heavy atom. The Hall–Kier alpha value is -1.32. The van der Waals surface area contributed by atoms with Gasteiger partial charge in [-0.2, -0.15) is 0 Å². The standard InChI is InChI=1S/C14H23NO3/c1-5-8-15(13(17)18-14(2,3)4)10-12(16)9-11-6-7-11/h5,11H,1,6-10H2,2-4H3. The number of ether oxygens (including phenoxy) is 1. The number of carbonyl (C=O) groups excluding carboxylic acids is 2. The number of ketones is 1. The molecule has 1 fully saturated rings. The van der Waals surface area contributed by atoms with Crippen LogP contribution in [0, 0.1) is 5.92 Å². The molecule has 18 heavy (non-hydrogen) atoms. The van der Waals surface area contributed by atoms with E-state index in [0.29, 0.717) is 18.9 Å². The van der Waals surface area contributed by atoms with E-state index >= 15 is 0 Å². The van der Waals surface area contributed by atoms with Gasteiger partial charge in [-0.3, -0.25) is 9.69 Å². The third kappa shape index (κ3) is 5.84. The van der Waals surface area contributed by atoms with Crippen molar-refractivity contribution in [3.63, 3.8) is 0 Å². The van der Waals surface area contributed by atoms with Gasteiger partial charge in [0.05, 0.1) is 6.54 Å². The molecule has 4 nitrogen and oxygen atoms in total. The van der Waals surface area contributed by atoms with E-state index in [0.717, 1.165) is 12.8 Å². The first-order valence-electron chi connectivity index (χ1n) is 6.42. The van der Waals surface area contributed by atoms with Crippen LogP contribution in [-0.2, 0) is 9.53 Å². The molecule has 1 aliphatic carbocycles.